The van der Waals surface area contributed by atoms with Crippen molar-refractivity contribution in [1.82, 2.24) is 4.37 Å². The third kappa shape index (κ3) is 3.16. The Bertz CT molecular complexity index is 508. The third-order valence-electron chi connectivity index (χ3n) is 3.44. The van der Waals surface area contributed by atoms with Crippen LogP contribution >= 0.6 is 11.5 Å². The lowest BCUT2D eigenvalue weighted by molar-refractivity contribution is -0.118. The van der Waals surface area contributed by atoms with E-state index in [1.165, 1.54) is 4.90 Å². The second-order valence-corrected chi connectivity index (χ2v) is 5.63. The van der Waals surface area contributed by atoms with Crippen LogP contribution in [0.4, 0.5) is 5.00 Å². The number of aromatic nitrogens is 1. The van der Waals surface area contributed by atoms with E-state index in [0.29, 0.717) is 23.5 Å². The minimum Gasteiger partial charge on any atom is -0.478 e. The quantitative estimate of drug-likeness (QED) is 0.900. The number of hydrogen-bond acceptors (Lipinski definition) is 5. The Kier molecular flexibility index (Phi) is 4.72. The van der Waals surface area contributed by atoms with Crippen LogP contribution in [0, 0.1) is 6.92 Å². The van der Waals surface area contributed by atoms with Crippen LogP contribution in [0.2, 0.25) is 0 Å². The summed E-state index contributed by atoms with van der Waals surface area (Å²) < 4.78 is 9.50. The zero-order valence-electron chi connectivity index (χ0n) is 11.6. The highest BCUT2D eigenvalue weighted by Gasteiger charge is 2.25. The van der Waals surface area contributed by atoms with Gasteiger partial charge in [0.1, 0.15) is 10.6 Å². The van der Waals surface area contributed by atoms with Crippen molar-refractivity contribution >= 4 is 28.4 Å². The summed E-state index contributed by atoms with van der Waals surface area (Å²) in [6.07, 6.45) is 3.25. The van der Waals surface area contributed by atoms with Crippen molar-refractivity contribution in [2.75, 3.05) is 18.6 Å². The summed E-state index contributed by atoms with van der Waals surface area (Å²) in [6, 6.07) is 0. The first kappa shape index (κ1) is 14.9. The Hall–Kier alpha value is -1.47. The zero-order valence-corrected chi connectivity index (χ0v) is 12.4. The Morgan fingerprint density at radius 1 is 1.55 bits per heavy atom. The molecule has 0 saturated carbocycles. The lowest BCUT2D eigenvalue weighted by Crippen LogP contribution is -2.27. The van der Waals surface area contributed by atoms with Crippen LogP contribution in [-0.2, 0) is 9.53 Å². The number of hydrogen-bond donors (Lipinski definition) is 1. The van der Waals surface area contributed by atoms with Crippen LogP contribution in [0.1, 0.15) is 41.7 Å². The first-order valence-corrected chi connectivity index (χ1v) is 7.35. The first-order valence-electron chi connectivity index (χ1n) is 6.58. The molecule has 0 spiro atoms. The number of anilines is 1. The van der Waals surface area contributed by atoms with E-state index in [9.17, 15) is 14.7 Å². The van der Waals surface area contributed by atoms with Gasteiger partial charge in [-0.15, -0.1) is 0 Å². The van der Waals surface area contributed by atoms with Gasteiger partial charge in [-0.1, -0.05) is 0 Å². The molecule has 110 valence electrons. The average molecular weight is 298 g/mol. The lowest BCUT2D eigenvalue weighted by atomic mass is 10.1. The highest BCUT2D eigenvalue weighted by Crippen LogP contribution is 2.28. The summed E-state index contributed by atoms with van der Waals surface area (Å²) in [5.41, 5.74) is 0.555. The number of carbonyl (C=O) groups excluding carboxylic acids is 1. The molecule has 2 heterocycles. The van der Waals surface area contributed by atoms with Crippen molar-refractivity contribution in [3.63, 3.8) is 0 Å². The molecule has 0 radical (unpaired) electrons. The summed E-state index contributed by atoms with van der Waals surface area (Å²) in [4.78, 5) is 24.7. The van der Waals surface area contributed by atoms with Crippen molar-refractivity contribution in [2.24, 2.45) is 0 Å². The fraction of sp³-hybridized carbons (Fsp3) is 0.615. The molecule has 1 aliphatic heterocycles. The smallest absolute Gasteiger partial charge is 0.340 e. The molecule has 1 atom stereocenters. The van der Waals surface area contributed by atoms with Crippen LogP contribution in [-0.4, -0.2) is 41.1 Å². The molecule has 1 fully saturated rings. The highest BCUT2D eigenvalue weighted by atomic mass is 32.1. The van der Waals surface area contributed by atoms with Gasteiger partial charge in [0.05, 0.1) is 11.8 Å². The fourth-order valence-electron chi connectivity index (χ4n) is 2.27. The van der Waals surface area contributed by atoms with Crippen molar-refractivity contribution < 1.29 is 19.4 Å². The summed E-state index contributed by atoms with van der Waals surface area (Å²) in [5.74, 6) is -1.16. The summed E-state index contributed by atoms with van der Waals surface area (Å²) >= 11 is 1.04. The van der Waals surface area contributed by atoms with Gasteiger partial charge in [-0.3, -0.25) is 4.79 Å². The van der Waals surface area contributed by atoms with E-state index in [-0.39, 0.29) is 17.6 Å². The maximum Gasteiger partial charge on any atom is 0.340 e. The van der Waals surface area contributed by atoms with Gasteiger partial charge < -0.3 is 14.7 Å². The normalized spacial score (nSPS) is 18.2. The molecule has 20 heavy (non-hydrogen) atoms. The number of rotatable bonds is 5. The lowest BCUT2D eigenvalue weighted by Gasteiger charge is -2.17. The molecule has 1 aromatic heterocycles. The Labute approximate surface area is 121 Å². The maximum absolute atomic E-state index is 12.1. The van der Waals surface area contributed by atoms with E-state index in [4.69, 9.17) is 4.74 Å². The predicted octanol–water partition coefficient (Wildman–Crippen LogP) is 2.07. The van der Waals surface area contributed by atoms with E-state index in [2.05, 4.69) is 4.37 Å². The van der Waals surface area contributed by atoms with Gasteiger partial charge in [-0.25, -0.2) is 4.79 Å². The number of carboxylic acids is 1. The molecule has 2 rings (SSSR count). The fourth-order valence-corrected chi connectivity index (χ4v) is 3.14. The zero-order chi connectivity index (χ0) is 14.7. The Morgan fingerprint density at radius 2 is 2.30 bits per heavy atom. The van der Waals surface area contributed by atoms with Gasteiger partial charge in [0.25, 0.3) is 0 Å². The van der Waals surface area contributed by atoms with Crippen molar-refractivity contribution in [3.05, 3.63) is 11.3 Å². The SMILES string of the molecule is Cc1nsc(N(C)C(=O)CCC2CCCO2)c1C(=O)O. The number of amides is 1. The van der Waals surface area contributed by atoms with Gasteiger partial charge in [0.2, 0.25) is 5.91 Å². The molecule has 1 saturated heterocycles. The minimum absolute atomic E-state index is 0.105. The Morgan fingerprint density at radius 3 is 2.90 bits per heavy atom. The van der Waals surface area contributed by atoms with Crippen LogP contribution in [0.15, 0.2) is 0 Å². The van der Waals surface area contributed by atoms with Gasteiger partial charge in [0, 0.05) is 20.1 Å². The van der Waals surface area contributed by atoms with Crippen molar-refractivity contribution in [3.8, 4) is 0 Å². The molecule has 1 N–H and O–H groups in total. The third-order valence-corrected chi connectivity index (χ3v) is 4.46. The monoisotopic (exact) mass is 298 g/mol. The highest BCUT2D eigenvalue weighted by molar-refractivity contribution is 7.11. The second-order valence-electron chi connectivity index (χ2n) is 4.88. The van der Waals surface area contributed by atoms with E-state index in [1.54, 1.807) is 14.0 Å². The molecule has 1 unspecified atom stereocenters. The van der Waals surface area contributed by atoms with E-state index in [0.717, 1.165) is 31.0 Å². The van der Waals surface area contributed by atoms with Crippen molar-refractivity contribution in [2.45, 2.75) is 38.7 Å². The molecular formula is C13H18N2O4S. The number of aromatic carboxylic acids is 1. The summed E-state index contributed by atoms with van der Waals surface area (Å²) in [5, 5.41) is 9.57. The number of carboxylic acid groups (broad SMARTS) is 1. The molecular weight excluding hydrogens is 280 g/mol. The maximum atomic E-state index is 12.1. The van der Waals surface area contributed by atoms with Crippen LogP contribution in [0.25, 0.3) is 0 Å². The van der Waals surface area contributed by atoms with E-state index >= 15 is 0 Å². The largest absolute Gasteiger partial charge is 0.478 e. The molecule has 1 aromatic rings. The number of aryl methyl sites for hydroxylation is 1. The summed E-state index contributed by atoms with van der Waals surface area (Å²) in [6.45, 7) is 2.40. The molecule has 6 nitrogen and oxygen atoms in total. The van der Waals surface area contributed by atoms with E-state index in [1.807, 2.05) is 0 Å². The van der Waals surface area contributed by atoms with Gasteiger partial charge in [0.15, 0.2) is 0 Å². The molecule has 0 aliphatic carbocycles. The number of nitrogens with zero attached hydrogens (tertiary/aromatic N) is 2. The van der Waals surface area contributed by atoms with Crippen LogP contribution in [0.3, 0.4) is 0 Å². The van der Waals surface area contributed by atoms with Gasteiger partial charge >= 0.3 is 5.97 Å². The van der Waals surface area contributed by atoms with Gasteiger partial charge in [-0.2, -0.15) is 4.37 Å². The summed E-state index contributed by atoms with van der Waals surface area (Å²) in [7, 11) is 1.59. The molecule has 0 bridgehead atoms. The van der Waals surface area contributed by atoms with Gasteiger partial charge in [-0.05, 0) is 37.7 Å². The van der Waals surface area contributed by atoms with E-state index < -0.39 is 5.97 Å². The second kappa shape index (κ2) is 6.32. The first-order chi connectivity index (χ1) is 9.50. The average Bonchev–Trinajstić information content (AvgIpc) is 3.03. The van der Waals surface area contributed by atoms with Crippen molar-refractivity contribution in [1.29, 1.82) is 0 Å². The topological polar surface area (TPSA) is 79.7 Å². The molecule has 1 aliphatic rings. The standard InChI is InChI=1S/C13H18N2O4S/c1-8-11(13(17)18)12(20-14-8)15(2)10(16)6-5-9-4-3-7-19-9/h9H,3-7H2,1-2H3,(H,17,18). The van der Waals surface area contributed by atoms with Crippen LogP contribution < -0.4 is 4.90 Å². The number of carbonyl (C=O) groups is 2. The predicted molar refractivity (Wildman–Crippen MR) is 75.4 cm³/mol. The number of ether oxygens (including phenoxy) is 1. The molecule has 7 heteroatoms. The Balaban J connectivity index is 2.01. The minimum atomic E-state index is -1.05. The molecule has 0 aromatic carbocycles. The van der Waals surface area contributed by atoms with Crippen LogP contribution in [0.5, 0.6) is 0 Å². The molecule has 1 amide bonds.